The van der Waals surface area contributed by atoms with E-state index in [4.69, 9.17) is 14.2 Å². The van der Waals surface area contributed by atoms with E-state index in [0.717, 1.165) is 22.4 Å². The minimum atomic E-state index is -1.01. The van der Waals surface area contributed by atoms with Gasteiger partial charge in [-0.1, -0.05) is 89.8 Å². The number of amides is 1. The number of nitrogens with zero attached hydrogens (tertiary/aromatic N) is 3. The molecule has 5 aromatic rings. The molecule has 2 atom stereocenters. The largest absolute Gasteiger partial charge is 0.507 e. The van der Waals surface area contributed by atoms with Crippen LogP contribution in [0.2, 0.25) is 0 Å². The molecule has 11 heteroatoms. The Morgan fingerprint density at radius 3 is 2.45 bits per heavy atom. The number of hydrogen-bond donors (Lipinski definition) is 1. The van der Waals surface area contributed by atoms with Crippen LogP contribution in [0.3, 0.4) is 0 Å². The predicted molar refractivity (Wildman–Crippen MR) is 189 cm³/mol. The molecule has 0 saturated carbocycles. The average Bonchev–Trinajstić information content (AvgIpc) is 3.82. The van der Waals surface area contributed by atoms with Crippen molar-refractivity contribution in [2.45, 2.75) is 49.1 Å². The first-order valence-electron chi connectivity index (χ1n) is 15.9. The molecule has 2 aliphatic heterocycles. The van der Waals surface area contributed by atoms with Crippen molar-refractivity contribution in [1.29, 1.82) is 0 Å². The topological polar surface area (TPSA) is 111 Å². The molecule has 248 valence electrons. The van der Waals surface area contributed by atoms with Crippen molar-refractivity contribution in [3.63, 3.8) is 0 Å². The fraction of sp³-hybridized carbons (Fsp3) is 0.211. The predicted octanol–water partition coefficient (Wildman–Crippen LogP) is 7.76. The summed E-state index contributed by atoms with van der Waals surface area (Å²) in [7, 11) is 0. The fourth-order valence-electron chi connectivity index (χ4n) is 5.97. The first-order valence-corrected chi connectivity index (χ1v) is 17.7. The fourth-order valence-corrected chi connectivity index (χ4v) is 7.79. The van der Waals surface area contributed by atoms with Crippen LogP contribution in [0, 0.1) is 0 Å². The van der Waals surface area contributed by atoms with Crippen LogP contribution < -0.4 is 19.1 Å². The van der Waals surface area contributed by atoms with Gasteiger partial charge < -0.3 is 19.3 Å². The number of ether oxygens (including phenoxy) is 3. The minimum Gasteiger partial charge on any atom is -0.507 e. The zero-order valence-corrected chi connectivity index (χ0v) is 28.5. The first kappa shape index (κ1) is 32.4. The molecule has 1 fully saturated rings. The lowest BCUT2D eigenvalue weighted by molar-refractivity contribution is -0.132. The molecular formula is C38H33N3O6S2. The summed E-state index contributed by atoms with van der Waals surface area (Å²) in [5.41, 5.74) is 3.95. The number of anilines is 1. The third-order valence-electron chi connectivity index (χ3n) is 8.24. The molecule has 0 spiro atoms. The lowest BCUT2D eigenvalue weighted by Crippen LogP contribution is -2.29. The Hall–Kier alpha value is -5.13. The molecule has 4 aromatic carbocycles. The van der Waals surface area contributed by atoms with E-state index in [1.807, 2.05) is 80.6 Å². The zero-order valence-electron chi connectivity index (χ0n) is 26.9. The lowest BCUT2D eigenvalue weighted by atomic mass is 9.94. The second-order valence-corrected chi connectivity index (χ2v) is 13.8. The van der Waals surface area contributed by atoms with Gasteiger partial charge in [-0.25, -0.2) is 0 Å². The summed E-state index contributed by atoms with van der Waals surface area (Å²) >= 11 is 2.71. The summed E-state index contributed by atoms with van der Waals surface area (Å²) < 4.78 is 18.6. The van der Waals surface area contributed by atoms with Gasteiger partial charge >= 0.3 is 5.91 Å². The van der Waals surface area contributed by atoms with Crippen LogP contribution in [0.15, 0.2) is 107 Å². The number of thioether (sulfide) groups is 1. The quantitative estimate of drug-likeness (QED) is 0.0489. The van der Waals surface area contributed by atoms with Crippen LogP contribution >= 0.6 is 23.1 Å². The summed E-state index contributed by atoms with van der Waals surface area (Å²) in [6.07, 6.45) is 0.675. The molecule has 3 heterocycles. The summed E-state index contributed by atoms with van der Waals surface area (Å²) in [5, 5.41) is 20.7. The highest BCUT2D eigenvalue weighted by Gasteiger charge is 2.48. The van der Waals surface area contributed by atoms with Gasteiger partial charge in [0, 0.05) is 17.7 Å². The molecule has 49 heavy (non-hydrogen) atoms. The van der Waals surface area contributed by atoms with Crippen molar-refractivity contribution in [3.05, 3.63) is 130 Å². The maximum Gasteiger partial charge on any atom is 0.301 e. The highest BCUT2D eigenvalue weighted by atomic mass is 32.2. The number of ketones is 1. The molecular weight excluding hydrogens is 659 g/mol. The number of aliphatic hydroxyl groups is 1. The number of rotatable bonds is 11. The smallest absolute Gasteiger partial charge is 0.301 e. The van der Waals surface area contributed by atoms with E-state index in [1.165, 1.54) is 28.0 Å². The van der Waals surface area contributed by atoms with Gasteiger partial charge in [0.1, 0.15) is 24.2 Å². The molecule has 0 unspecified atom stereocenters. The Balaban J connectivity index is 1.28. The zero-order chi connectivity index (χ0) is 33.9. The molecule has 0 radical (unpaired) electrons. The van der Waals surface area contributed by atoms with Crippen LogP contribution in [0.25, 0.3) is 5.76 Å². The third-order valence-corrected chi connectivity index (χ3v) is 10.4. The first-order chi connectivity index (χ1) is 23.9. The minimum absolute atomic E-state index is 0.00365. The molecule has 0 bridgehead atoms. The van der Waals surface area contributed by atoms with Crippen LogP contribution in [0.1, 0.15) is 47.7 Å². The second kappa shape index (κ2) is 14.2. The summed E-state index contributed by atoms with van der Waals surface area (Å²) in [6.45, 7) is 4.53. The number of aromatic nitrogens is 2. The van der Waals surface area contributed by atoms with Gasteiger partial charge in [0.15, 0.2) is 15.8 Å². The van der Waals surface area contributed by atoms with Gasteiger partial charge in [-0.2, -0.15) is 0 Å². The van der Waals surface area contributed by atoms with E-state index in [9.17, 15) is 14.7 Å². The standard InChI is InChI=1S/C38H33N3O6S2/c1-3-45-31-20-26(14-17-30(31)46-21-24-10-6-4-7-11-24)33-32(34(42)27-15-16-29-28(19-27)18-23(2)47-29)35(43)36(44)41(33)37-39-40-38(49-37)48-22-25-12-8-5-9-13-25/h4-17,19-20,23,33,42H,3,18,21-22H2,1-2H3/t23-,33-/m1/s1. The van der Waals surface area contributed by atoms with E-state index in [2.05, 4.69) is 10.2 Å². The van der Waals surface area contributed by atoms with Gasteiger partial charge in [0.05, 0.1) is 18.2 Å². The van der Waals surface area contributed by atoms with Gasteiger partial charge in [-0.05, 0) is 66.4 Å². The number of fused-ring (bicyclic) bond motifs is 1. The van der Waals surface area contributed by atoms with Crippen LogP contribution in [-0.2, 0) is 28.4 Å². The number of aliphatic hydroxyl groups excluding tert-OH is 1. The van der Waals surface area contributed by atoms with Gasteiger partial charge in [0.25, 0.3) is 5.78 Å². The second-order valence-electron chi connectivity index (χ2n) is 11.7. The van der Waals surface area contributed by atoms with Gasteiger partial charge in [0.2, 0.25) is 5.13 Å². The van der Waals surface area contributed by atoms with Crippen molar-refractivity contribution < 1.29 is 28.9 Å². The number of carbonyl (C=O) groups excluding carboxylic acids is 2. The molecule has 1 saturated heterocycles. The van der Waals surface area contributed by atoms with E-state index < -0.39 is 17.7 Å². The van der Waals surface area contributed by atoms with Crippen LogP contribution in [-0.4, -0.2) is 39.7 Å². The SMILES string of the molecule is CCOc1cc([C@@H]2C(=C(O)c3ccc4c(c3)C[C@@H](C)O4)C(=O)C(=O)N2c2nnc(SCc3ccccc3)s2)ccc1OCc1ccccc1. The Kier molecular flexibility index (Phi) is 9.36. The molecule has 7 rings (SSSR count). The van der Waals surface area contributed by atoms with E-state index in [0.29, 0.717) is 52.4 Å². The maximum absolute atomic E-state index is 13.9. The molecule has 1 aromatic heterocycles. The normalized spacial score (nSPS) is 18.0. The maximum atomic E-state index is 13.9. The number of carbonyl (C=O) groups is 2. The Morgan fingerprint density at radius 2 is 1.69 bits per heavy atom. The number of hydrogen-bond acceptors (Lipinski definition) is 10. The molecule has 2 aliphatic rings. The van der Waals surface area contributed by atoms with Crippen molar-refractivity contribution in [1.82, 2.24) is 10.2 Å². The summed E-state index contributed by atoms with van der Waals surface area (Å²) in [4.78, 5) is 29.1. The molecule has 0 aliphatic carbocycles. The number of Topliss-reactive ketones (excluding diaryl/α,β-unsaturated/α-hetero) is 1. The monoisotopic (exact) mass is 691 g/mol. The van der Waals surface area contributed by atoms with E-state index >= 15 is 0 Å². The number of benzene rings is 4. The van der Waals surface area contributed by atoms with E-state index in [1.54, 1.807) is 30.3 Å². The average molecular weight is 692 g/mol. The third kappa shape index (κ3) is 6.77. The van der Waals surface area contributed by atoms with Gasteiger partial charge in [-0.3, -0.25) is 14.5 Å². The molecule has 1 amide bonds. The van der Waals surface area contributed by atoms with Crippen molar-refractivity contribution in [3.8, 4) is 17.2 Å². The highest BCUT2D eigenvalue weighted by Crippen LogP contribution is 2.46. The van der Waals surface area contributed by atoms with Crippen molar-refractivity contribution in [2.24, 2.45) is 0 Å². The van der Waals surface area contributed by atoms with Crippen LogP contribution in [0.4, 0.5) is 5.13 Å². The Morgan fingerprint density at radius 1 is 0.939 bits per heavy atom. The Bertz CT molecular complexity index is 2030. The summed E-state index contributed by atoms with van der Waals surface area (Å²) in [6, 6.07) is 29.4. The van der Waals surface area contributed by atoms with Gasteiger partial charge in [-0.15, -0.1) is 10.2 Å². The Labute approximate surface area is 292 Å². The lowest BCUT2D eigenvalue weighted by Gasteiger charge is -2.24. The highest BCUT2D eigenvalue weighted by molar-refractivity contribution is 8.00. The summed E-state index contributed by atoms with van der Waals surface area (Å²) in [5.74, 6) is 0.463. The van der Waals surface area contributed by atoms with Crippen molar-refractivity contribution in [2.75, 3.05) is 11.5 Å². The van der Waals surface area contributed by atoms with E-state index in [-0.39, 0.29) is 22.6 Å². The van der Waals surface area contributed by atoms with Crippen LogP contribution in [0.5, 0.6) is 17.2 Å². The molecule has 9 nitrogen and oxygen atoms in total. The van der Waals surface area contributed by atoms with Crippen molar-refractivity contribution >= 4 is 45.7 Å². The molecule has 1 N–H and O–H groups in total.